The molecular weight excluding hydrogens is 406 g/mol. The third kappa shape index (κ3) is 4.28. The topological polar surface area (TPSA) is 79.8 Å². The fraction of sp³-hybridized carbons (Fsp3) is 0.278. The standard InChI is InChI=1S/C18H18ClN3O3S2/c1-25-22-13-5-3-4-12-14(13)18(26-2)27-15(12)17(24)21-20-16(23)10-6-8-11(19)9-7-10/h6-9H,3-5H2,1-2H3,(H,20,23)(H,21,24)/b22-13-. The summed E-state index contributed by atoms with van der Waals surface area (Å²) in [4.78, 5) is 30.4. The van der Waals surface area contributed by atoms with E-state index in [4.69, 9.17) is 16.4 Å². The number of fused-ring (bicyclic) bond motifs is 1. The Labute approximate surface area is 170 Å². The highest BCUT2D eigenvalue weighted by atomic mass is 35.5. The lowest BCUT2D eigenvalue weighted by Crippen LogP contribution is -2.41. The number of rotatable bonds is 4. The number of amides is 2. The molecule has 1 heterocycles. The first kappa shape index (κ1) is 19.7. The first-order valence-corrected chi connectivity index (χ1v) is 10.6. The number of carbonyl (C=O) groups is 2. The molecule has 0 radical (unpaired) electrons. The van der Waals surface area contributed by atoms with Crippen LogP contribution in [0.15, 0.2) is 33.6 Å². The van der Waals surface area contributed by atoms with E-state index in [2.05, 4.69) is 16.0 Å². The number of nitrogens with zero attached hydrogens (tertiary/aromatic N) is 1. The normalized spacial score (nSPS) is 14.6. The molecule has 0 bridgehead atoms. The molecule has 2 amide bonds. The average Bonchev–Trinajstić information content (AvgIpc) is 3.06. The van der Waals surface area contributed by atoms with Gasteiger partial charge in [-0.15, -0.1) is 23.1 Å². The van der Waals surface area contributed by atoms with E-state index in [1.54, 1.807) is 36.0 Å². The van der Waals surface area contributed by atoms with Gasteiger partial charge in [0, 0.05) is 16.1 Å². The van der Waals surface area contributed by atoms with Crippen molar-refractivity contribution in [1.29, 1.82) is 0 Å². The molecule has 9 heteroatoms. The summed E-state index contributed by atoms with van der Waals surface area (Å²) in [5.74, 6) is -0.741. The minimum atomic E-state index is -0.405. The predicted octanol–water partition coefficient (Wildman–Crippen LogP) is 3.89. The van der Waals surface area contributed by atoms with E-state index < -0.39 is 5.91 Å². The van der Waals surface area contributed by atoms with Crippen molar-refractivity contribution >= 4 is 52.2 Å². The van der Waals surface area contributed by atoms with Gasteiger partial charge in [0.25, 0.3) is 11.8 Å². The molecule has 2 N–H and O–H groups in total. The molecule has 1 aromatic carbocycles. The van der Waals surface area contributed by atoms with Crippen LogP contribution in [0, 0.1) is 0 Å². The summed E-state index contributed by atoms with van der Waals surface area (Å²) in [6.07, 6.45) is 4.48. The maximum absolute atomic E-state index is 12.7. The molecule has 142 valence electrons. The fourth-order valence-corrected chi connectivity index (χ4v) is 5.06. The Morgan fingerprint density at radius 3 is 2.56 bits per heavy atom. The van der Waals surface area contributed by atoms with Crippen LogP contribution in [-0.2, 0) is 11.3 Å². The second-order valence-corrected chi connectivity index (χ2v) is 8.30. The van der Waals surface area contributed by atoms with Gasteiger partial charge in [0.05, 0.1) is 14.8 Å². The summed E-state index contributed by atoms with van der Waals surface area (Å²) in [7, 11) is 1.52. The molecule has 0 atom stereocenters. The summed E-state index contributed by atoms with van der Waals surface area (Å²) in [5.41, 5.74) is 8.19. The molecule has 0 fully saturated rings. The van der Waals surface area contributed by atoms with E-state index in [0.717, 1.165) is 40.3 Å². The number of thiophene rings is 1. The van der Waals surface area contributed by atoms with Crippen LogP contribution in [-0.4, -0.2) is 30.9 Å². The zero-order chi connectivity index (χ0) is 19.4. The zero-order valence-corrected chi connectivity index (χ0v) is 17.2. The van der Waals surface area contributed by atoms with Crippen LogP contribution in [0.1, 0.15) is 44.0 Å². The van der Waals surface area contributed by atoms with Crippen LogP contribution in [0.25, 0.3) is 0 Å². The smallest absolute Gasteiger partial charge is 0.280 e. The lowest BCUT2D eigenvalue weighted by molar-refractivity contribution is 0.0848. The van der Waals surface area contributed by atoms with Crippen molar-refractivity contribution in [2.24, 2.45) is 5.16 Å². The Hall–Kier alpha value is -2.03. The van der Waals surface area contributed by atoms with Crippen molar-refractivity contribution < 1.29 is 14.4 Å². The maximum Gasteiger partial charge on any atom is 0.280 e. The molecule has 1 aliphatic carbocycles. The highest BCUT2D eigenvalue weighted by molar-refractivity contribution is 8.00. The third-order valence-corrected chi connectivity index (χ3v) is 6.70. The monoisotopic (exact) mass is 423 g/mol. The minimum absolute atomic E-state index is 0.336. The highest BCUT2D eigenvalue weighted by Gasteiger charge is 2.28. The van der Waals surface area contributed by atoms with Gasteiger partial charge in [-0.25, -0.2) is 0 Å². The van der Waals surface area contributed by atoms with Crippen molar-refractivity contribution in [3.63, 3.8) is 0 Å². The maximum atomic E-state index is 12.7. The van der Waals surface area contributed by atoms with Gasteiger partial charge in [-0.3, -0.25) is 20.4 Å². The quantitative estimate of drug-likeness (QED) is 0.577. The lowest BCUT2D eigenvalue weighted by atomic mass is 9.92. The molecule has 27 heavy (non-hydrogen) atoms. The molecule has 1 aromatic heterocycles. The molecule has 1 aliphatic rings. The van der Waals surface area contributed by atoms with Gasteiger partial charge in [-0.05, 0) is 55.3 Å². The number of halogens is 1. The SMILES string of the molecule is CO/N=C1/CCCc2c(C(=O)NNC(=O)c3ccc(Cl)cc3)sc(SC)c21. The number of carbonyl (C=O) groups excluding carboxylic acids is 2. The summed E-state index contributed by atoms with van der Waals surface area (Å²) in [6, 6.07) is 6.43. The summed E-state index contributed by atoms with van der Waals surface area (Å²) < 4.78 is 1.02. The molecule has 0 unspecified atom stereocenters. The van der Waals surface area contributed by atoms with Crippen LogP contribution in [0.3, 0.4) is 0 Å². The van der Waals surface area contributed by atoms with Gasteiger partial charge in [-0.1, -0.05) is 16.8 Å². The first-order chi connectivity index (χ1) is 13.0. The second kappa shape index (κ2) is 8.77. The van der Waals surface area contributed by atoms with E-state index in [-0.39, 0.29) is 5.91 Å². The molecule has 0 saturated carbocycles. The lowest BCUT2D eigenvalue weighted by Gasteiger charge is -2.16. The molecule has 0 spiro atoms. The summed E-state index contributed by atoms with van der Waals surface area (Å²) in [6.45, 7) is 0. The van der Waals surface area contributed by atoms with Crippen molar-refractivity contribution in [2.75, 3.05) is 13.4 Å². The van der Waals surface area contributed by atoms with E-state index in [1.165, 1.54) is 18.4 Å². The van der Waals surface area contributed by atoms with Gasteiger partial charge in [0.2, 0.25) is 0 Å². The van der Waals surface area contributed by atoms with Crippen molar-refractivity contribution in [3.8, 4) is 0 Å². The van der Waals surface area contributed by atoms with Crippen LogP contribution in [0.2, 0.25) is 5.02 Å². The Morgan fingerprint density at radius 2 is 1.89 bits per heavy atom. The molecule has 0 aliphatic heterocycles. The molecular formula is C18H18ClN3O3S2. The van der Waals surface area contributed by atoms with E-state index >= 15 is 0 Å². The van der Waals surface area contributed by atoms with E-state index in [1.807, 2.05) is 6.26 Å². The van der Waals surface area contributed by atoms with Crippen molar-refractivity contribution in [3.05, 3.63) is 50.9 Å². The first-order valence-electron chi connectivity index (χ1n) is 8.21. The van der Waals surface area contributed by atoms with E-state index in [0.29, 0.717) is 15.5 Å². The van der Waals surface area contributed by atoms with Crippen LogP contribution >= 0.6 is 34.7 Å². The van der Waals surface area contributed by atoms with Gasteiger partial charge in [0.15, 0.2) is 0 Å². The van der Waals surface area contributed by atoms with Gasteiger partial charge < -0.3 is 4.84 Å². The second-order valence-electron chi connectivity index (χ2n) is 5.77. The number of oxime groups is 1. The summed E-state index contributed by atoms with van der Waals surface area (Å²) in [5, 5.41) is 4.67. The number of nitrogens with one attached hydrogen (secondary N) is 2. The van der Waals surface area contributed by atoms with Gasteiger partial charge in [-0.2, -0.15) is 0 Å². The van der Waals surface area contributed by atoms with Gasteiger partial charge in [0.1, 0.15) is 7.11 Å². The predicted molar refractivity (Wildman–Crippen MR) is 109 cm³/mol. The van der Waals surface area contributed by atoms with Crippen molar-refractivity contribution in [2.45, 2.75) is 23.5 Å². The molecule has 3 rings (SSSR count). The number of hydrogen-bond acceptors (Lipinski definition) is 6. The average molecular weight is 424 g/mol. The van der Waals surface area contributed by atoms with Crippen molar-refractivity contribution in [1.82, 2.24) is 10.9 Å². The number of hydrazine groups is 1. The Kier molecular flexibility index (Phi) is 6.41. The highest BCUT2D eigenvalue weighted by Crippen LogP contribution is 2.39. The Balaban J connectivity index is 1.78. The number of thioether (sulfide) groups is 1. The number of hydrogen-bond donors (Lipinski definition) is 2. The Bertz CT molecular complexity index is 894. The zero-order valence-electron chi connectivity index (χ0n) is 14.8. The van der Waals surface area contributed by atoms with Crippen LogP contribution in [0.5, 0.6) is 0 Å². The third-order valence-electron chi connectivity index (χ3n) is 4.09. The number of benzene rings is 1. The Morgan fingerprint density at radius 1 is 1.19 bits per heavy atom. The fourth-order valence-electron chi connectivity index (χ4n) is 2.90. The molecule has 6 nitrogen and oxygen atoms in total. The minimum Gasteiger partial charge on any atom is -0.399 e. The summed E-state index contributed by atoms with van der Waals surface area (Å²) >= 11 is 8.81. The molecule has 0 saturated heterocycles. The van der Waals surface area contributed by atoms with Crippen LogP contribution < -0.4 is 10.9 Å². The van der Waals surface area contributed by atoms with E-state index in [9.17, 15) is 9.59 Å². The molecule has 2 aromatic rings. The van der Waals surface area contributed by atoms with Crippen LogP contribution in [0.4, 0.5) is 0 Å². The van der Waals surface area contributed by atoms with Gasteiger partial charge >= 0.3 is 0 Å². The largest absolute Gasteiger partial charge is 0.399 e.